The lowest BCUT2D eigenvalue weighted by Gasteiger charge is -2.37. The van der Waals surface area contributed by atoms with E-state index in [2.05, 4.69) is 32.6 Å². The van der Waals surface area contributed by atoms with Gasteiger partial charge in [0.05, 0.1) is 0 Å². The van der Waals surface area contributed by atoms with Gasteiger partial charge in [0.2, 0.25) is 0 Å². The molecule has 2 heteroatoms. The van der Waals surface area contributed by atoms with Gasteiger partial charge in [0.15, 0.2) is 0 Å². The van der Waals surface area contributed by atoms with Gasteiger partial charge in [-0.2, -0.15) is 0 Å². The van der Waals surface area contributed by atoms with Crippen molar-refractivity contribution in [3.63, 3.8) is 0 Å². The van der Waals surface area contributed by atoms with Crippen LogP contribution in [-0.4, -0.2) is 29.1 Å². The molecule has 72 valence electrons. The molecule has 2 N–H and O–H groups in total. The zero-order valence-corrected chi connectivity index (χ0v) is 8.80. The van der Waals surface area contributed by atoms with E-state index in [4.69, 9.17) is 5.73 Å². The van der Waals surface area contributed by atoms with E-state index in [9.17, 15) is 0 Å². The third kappa shape index (κ3) is 1.99. The topological polar surface area (TPSA) is 29.3 Å². The Hall–Kier alpha value is -0.0800. The standard InChI is InChI=1S/C10H22N2/c1-8(2)12-7-5-6-9(12)10(3,4)11/h8-9H,5-7,11H2,1-4H3. The van der Waals surface area contributed by atoms with Crippen LogP contribution in [0.15, 0.2) is 0 Å². The predicted octanol–water partition coefficient (Wildman–Crippen LogP) is 1.60. The van der Waals surface area contributed by atoms with Gasteiger partial charge < -0.3 is 5.73 Å². The summed E-state index contributed by atoms with van der Waals surface area (Å²) < 4.78 is 0. The summed E-state index contributed by atoms with van der Waals surface area (Å²) in [4.78, 5) is 2.53. The third-order valence-electron chi connectivity index (χ3n) is 2.82. The van der Waals surface area contributed by atoms with Crippen LogP contribution >= 0.6 is 0 Å². The first kappa shape index (κ1) is 10.0. The summed E-state index contributed by atoms with van der Waals surface area (Å²) in [6.07, 6.45) is 2.57. The molecule has 2 nitrogen and oxygen atoms in total. The molecule has 1 fully saturated rings. The molecule has 0 radical (unpaired) electrons. The highest BCUT2D eigenvalue weighted by molar-refractivity contribution is 4.94. The monoisotopic (exact) mass is 170 g/mol. The molecule has 12 heavy (non-hydrogen) atoms. The largest absolute Gasteiger partial charge is 0.324 e. The molecule has 0 aromatic heterocycles. The first-order chi connectivity index (χ1) is 5.43. The molecule has 0 saturated carbocycles. The van der Waals surface area contributed by atoms with Crippen LogP contribution in [0.5, 0.6) is 0 Å². The minimum Gasteiger partial charge on any atom is -0.324 e. The molecule has 0 spiro atoms. The Balaban J connectivity index is 2.64. The van der Waals surface area contributed by atoms with Gasteiger partial charge in [-0.3, -0.25) is 4.90 Å². The summed E-state index contributed by atoms with van der Waals surface area (Å²) in [5.41, 5.74) is 6.09. The fourth-order valence-corrected chi connectivity index (χ4v) is 2.21. The number of rotatable bonds is 2. The van der Waals surface area contributed by atoms with E-state index in [0.29, 0.717) is 12.1 Å². The quantitative estimate of drug-likeness (QED) is 0.682. The molecule has 0 aromatic rings. The van der Waals surface area contributed by atoms with E-state index in [1.54, 1.807) is 0 Å². The maximum absolute atomic E-state index is 6.13. The Morgan fingerprint density at radius 3 is 2.33 bits per heavy atom. The summed E-state index contributed by atoms with van der Waals surface area (Å²) in [6.45, 7) is 10.0. The molecule has 1 heterocycles. The number of likely N-dealkylation sites (tertiary alicyclic amines) is 1. The number of nitrogens with zero attached hydrogens (tertiary/aromatic N) is 1. The molecule has 0 aliphatic carbocycles. The first-order valence-corrected chi connectivity index (χ1v) is 4.97. The SMILES string of the molecule is CC(C)N1CCCC1C(C)(C)N. The van der Waals surface area contributed by atoms with Gasteiger partial charge in [0.25, 0.3) is 0 Å². The Bertz CT molecular complexity index is 146. The summed E-state index contributed by atoms with van der Waals surface area (Å²) >= 11 is 0. The number of hydrogen-bond acceptors (Lipinski definition) is 2. The van der Waals surface area contributed by atoms with Crippen molar-refractivity contribution in [2.45, 2.75) is 58.2 Å². The lowest BCUT2D eigenvalue weighted by atomic mass is 9.93. The predicted molar refractivity (Wildman–Crippen MR) is 53.1 cm³/mol. The molecule has 0 aromatic carbocycles. The highest BCUT2D eigenvalue weighted by atomic mass is 15.2. The summed E-state index contributed by atoms with van der Waals surface area (Å²) in [5.74, 6) is 0. The zero-order valence-electron chi connectivity index (χ0n) is 8.80. The normalized spacial score (nSPS) is 27.0. The van der Waals surface area contributed by atoms with Crippen LogP contribution in [0.1, 0.15) is 40.5 Å². The molecule has 1 unspecified atom stereocenters. The molecule has 1 saturated heterocycles. The fraction of sp³-hybridized carbons (Fsp3) is 1.00. The Morgan fingerprint density at radius 1 is 1.42 bits per heavy atom. The van der Waals surface area contributed by atoms with Crippen molar-refractivity contribution in [2.24, 2.45) is 5.73 Å². The summed E-state index contributed by atoms with van der Waals surface area (Å²) in [7, 11) is 0. The van der Waals surface area contributed by atoms with E-state index in [-0.39, 0.29) is 5.54 Å². The van der Waals surface area contributed by atoms with E-state index in [1.165, 1.54) is 19.4 Å². The maximum Gasteiger partial charge on any atom is 0.0273 e. The van der Waals surface area contributed by atoms with Crippen LogP contribution in [0, 0.1) is 0 Å². The number of nitrogens with two attached hydrogens (primary N) is 1. The molecular weight excluding hydrogens is 148 g/mol. The molecule has 1 rings (SSSR count). The highest BCUT2D eigenvalue weighted by Crippen LogP contribution is 2.26. The molecule has 1 atom stereocenters. The minimum atomic E-state index is -0.0409. The lowest BCUT2D eigenvalue weighted by molar-refractivity contribution is 0.147. The fourth-order valence-electron chi connectivity index (χ4n) is 2.21. The van der Waals surface area contributed by atoms with E-state index >= 15 is 0 Å². The van der Waals surface area contributed by atoms with Crippen molar-refractivity contribution in [1.29, 1.82) is 0 Å². The average molecular weight is 170 g/mol. The second kappa shape index (κ2) is 3.35. The van der Waals surface area contributed by atoms with Gasteiger partial charge in [-0.1, -0.05) is 0 Å². The maximum atomic E-state index is 6.13. The van der Waals surface area contributed by atoms with Crippen LogP contribution in [0.4, 0.5) is 0 Å². The molecule has 1 aliphatic heterocycles. The van der Waals surface area contributed by atoms with Crippen LogP contribution in [0.25, 0.3) is 0 Å². The van der Waals surface area contributed by atoms with E-state index in [1.807, 2.05) is 0 Å². The van der Waals surface area contributed by atoms with Crippen LogP contribution in [-0.2, 0) is 0 Å². The first-order valence-electron chi connectivity index (χ1n) is 4.97. The van der Waals surface area contributed by atoms with Gasteiger partial charge in [0, 0.05) is 17.6 Å². The molecular formula is C10H22N2. The van der Waals surface area contributed by atoms with Crippen molar-refractivity contribution in [2.75, 3.05) is 6.54 Å². The van der Waals surface area contributed by atoms with Crippen LogP contribution in [0.3, 0.4) is 0 Å². The molecule has 0 bridgehead atoms. The van der Waals surface area contributed by atoms with Crippen molar-refractivity contribution in [1.82, 2.24) is 4.90 Å². The minimum absolute atomic E-state index is 0.0409. The van der Waals surface area contributed by atoms with Crippen LogP contribution in [0.2, 0.25) is 0 Å². The summed E-state index contributed by atoms with van der Waals surface area (Å²) in [5, 5.41) is 0. The van der Waals surface area contributed by atoms with Crippen molar-refractivity contribution in [3.8, 4) is 0 Å². The van der Waals surface area contributed by atoms with Crippen molar-refractivity contribution >= 4 is 0 Å². The zero-order chi connectivity index (χ0) is 9.35. The average Bonchev–Trinajstić information content (AvgIpc) is 2.30. The third-order valence-corrected chi connectivity index (χ3v) is 2.82. The van der Waals surface area contributed by atoms with Gasteiger partial charge in [-0.05, 0) is 47.1 Å². The Labute approximate surface area is 76.1 Å². The second-order valence-corrected chi connectivity index (χ2v) is 4.81. The lowest BCUT2D eigenvalue weighted by Crippen LogP contribution is -2.53. The number of hydrogen-bond donors (Lipinski definition) is 1. The smallest absolute Gasteiger partial charge is 0.0273 e. The molecule has 1 aliphatic rings. The van der Waals surface area contributed by atoms with Crippen molar-refractivity contribution < 1.29 is 0 Å². The van der Waals surface area contributed by atoms with E-state index in [0.717, 1.165) is 0 Å². The van der Waals surface area contributed by atoms with Crippen LogP contribution < -0.4 is 5.73 Å². The van der Waals surface area contributed by atoms with Gasteiger partial charge in [-0.25, -0.2) is 0 Å². The molecule has 0 amide bonds. The second-order valence-electron chi connectivity index (χ2n) is 4.81. The Morgan fingerprint density at radius 2 is 2.00 bits per heavy atom. The highest BCUT2D eigenvalue weighted by Gasteiger charge is 2.35. The van der Waals surface area contributed by atoms with Gasteiger partial charge in [-0.15, -0.1) is 0 Å². The summed E-state index contributed by atoms with van der Waals surface area (Å²) in [6, 6.07) is 1.22. The van der Waals surface area contributed by atoms with Crippen molar-refractivity contribution in [3.05, 3.63) is 0 Å². The Kier molecular flexibility index (Phi) is 2.79. The van der Waals surface area contributed by atoms with Gasteiger partial charge in [0.1, 0.15) is 0 Å². The van der Waals surface area contributed by atoms with Gasteiger partial charge >= 0.3 is 0 Å². The van der Waals surface area contributed by atoms with E-state index < -0.39 is 0 Å².